The Morgan fingerprint density at radius 1 is 1.25 bits per heavy atom. The highest BCUT2D eigenvalue weighted by Gasteiger charge is 2.18. The molecule has 1 saturated heterocycles. The third-order valence-electron chi connectivity index (χ3n) is 2.42. The van der Waals surface area contributed by atoms with Gasteiger partial charge in [-0.1, -0.05) is 26.7 Å². The molecule has 0 bridgehead atoms. The number of hydrogen-bond acceptors (Lipinski definition) is 2. The second-order valence-electron chi connectivity index (χ2n) is 3.64. The van der Waals surface area contributed by atoms with Gasteiger partial charge in [0, 0.05) is 23.6 Å². The fraction of sp³-hybridized carbons (Fsp3) is 1.00. The van der Waals surface area contributed by atoms with Crippen molar-refractivity contribution in [2.45, 2.75) is 50.8 Å². The van der Waals surface area contributed by atoms with Crippen LogP contribution in [0.1, 0.15) is 39.5 Å². The van der Waals surface area contributed by atoms with Crippen LogP contribution in [0, 0.1) is 0 Å². The zero-order chi connectivity index (χ0) is 8.81. The predicted octanol–water partition coefficient (Wildman–Crippen LogP) is 2.66. The van der Waals surface area contributed by atoms with Gasteiger partial charge in [0.25, 0.3) is 0 Å². The van der Waals surface area contributed by atoms with Gasteiger partial charge in [-0.05, 0) is 12.8 Å². The van der Waals surface area contributed by atoms with E-state index in [4.69, 9.17) is 0 Å². The molecule has 2 atom stereocenters. The van der Waals surface area contributed by atoms with Crippen molar-refractivity contribution in [3.8, 4) is 0 Å². The maximum Gasteiger partial charge on any atom is 0.0173 e. The smallest absolute Gasteiger partial charge is 0.0173 e. The lowest BCUT2D eigenvalue weighted by molar-refractivity contribution is 0.488. The van der Waals surface area contributed by atoms with E-state index in [2.05, 4.69) is 30.9 Å². The molecule has 2 unspecified atom stereocenters. The molecule has 1 aliphatic rings. The molecule has 1 N–H and O–H groups in total. The van der Waals surface area contributed by atoms with Crippen molar-refractivity contribution in [3.05, 3.63) is 0 Å². The van der Waals surface area contributed by atoms with Gasteiger partial charge in [-0.2, -0.15) is 11.8 Å². The summed E-state index contributed by atoms with van der Waals surface area (Å²) in [6.45, 7) is 5.78. The van der Waals surface area contributed by atoms with E-state index in [9.17, 15) is 0 Å². The van der Waals surface area contributed by atoms with Gasteiger partial charge in [0.1, 0.15) is 0 Å². The average Bonchev–Trinajstić information content (AvgIpc) is 2.09. The minimum absolute atomic E-state index is 0.799. The van der Waals surface area contributed by atoms with Crippen LogP contribution >= 0.6 is 11.8 Å². The topological polar surface area (TPSA) is 12.0 Å². The SMILES string of the molecule is CCCC1CSC(CCC)CN1. The summed E-state index contributed by atoms with van der Waals surface area (Å²) in [6, 6.07) is 0.799. The third kappa shape index (κ3) is 3.36. The standard InChI is InChI=1S/C10H21NS/c1-3-5-9-8-12-10(6-4-2)7-11-9/h9-11H,3-8H2,1-2H3. The van der Waals surface area contributed by atoms with Crippen LogP contribution in [-0.4, -0.2) is 23.6 Å². The number of rotatable bonds is 4. The van der Waals surface area contributed by atoms with Crippen LogP contribution in [0.4, 0.5) is 0 Å². The molecule has 12 heavy (non-hydrogen) atoms. The van der Waals surface area contributed by atoms with Gasteiger partial charge < -0.3 is 5.32 Å². The number of nitrogens with one attached hydrogen (secondary N) is 1. The average molecular weight is 187 g/mol. The lowest BCUT2D eigenvalue weighted by Crippen LogP contribution is -2.41. The molecule has 0 aromatic carbocycles. The highest BCUT2D eigenvalue weighted by molar-refractivity contribution is 8.00. The summed E-state index contributed by atoms with van der Waals surface area (Å²) >= 11 is 2.17. The lowest BCUT2D eigenvalue weighted by atomic mass is 10.1. The van der Waals surface area contributed by atoms with Crippen molar-refractivity contribution in [2.24, 2.45) is 0 Å². The van der Waals surface area contributed by atoms with Gasteiger partial charge in [-0.3, -0.25) is 0 Å². The van der Waals surface area contributed by atoms with Crippen molar-refractivity contribution >= 4 is 11.8 Å². The molecule has 0 saturated carbocycles. The Bertz CT molecular complexity index is 94.4. The van der Waals surface area contributed by atoms with Crippen LogP contribution in [-0.2, 0) is 0 Å². The van der Waals surface area contributed by atoms with E-state index in [0.717, 1.165) is 11.3 Å². The summed E-state index contributed by atoms with van der Waals surface area (Å²) in [7, 11) is 0. The van der Waals surface area contributed by atoms with Gasteiger partial charge in [0.05, 0.1) is 0 Å². The third-order valence-corrected chi connectivity index (χ3v) is 3.88. The fourth-order valence-electron chi connectivity index (χ4n) is 1.71. The van der Waals surface area contributed by atoms with Crippen LogP contribution < -0.4 is 5.32 Å². The fourth-order valence-corrected chi connectivity index (χ4v) is 3.11. The molecule has 0 aromatic rings. The molecule has 1 fully saturated rings. The summed E-state index contributed by atoms with van der Waals surface area (Å²) in [4.78, 5) is 0. The minimum atomic E-state index is 0.799. The van der Waals surface area contributed by atoms with Crippen LogP contribution in [0.2, 0.25) is 0 Å². The van der Waals surface area contributed by atoms with Crippen LogP contribution in [0.5, 0.6) is 0 Å². The first-order valence-electron chi connectivity index (χ1n) is 5.21. The van der Waals surface area contributed by atoms with Gasteiger partial charge in [-0.15, -0.1) is 0 Å². The molecule has 1 nitrogen and oxygen atoms in total. The lowest BCUT2D eigenvalue weighted by Gasteiger charge is -2.29. The molecule has 0 aromatic heterocycles. The van der Waals surface area contributed by atoms with Crippen LogP contribution in [0.15, 0.2) is 0 Å². The Morgan fingerprint density at radius 3 is 2.50 bits per heavy atom. The largest absolute Gasteiger partial charge is 0.312 e. The molecule has 1 heterocycles. The first kappa shape index (κ1) is 10.4. The Morgan fingerprint density at radius 2 is 2.00 bits per heavy atom. The highest BCUT2D eigenvalue weighted by Crippen LogP contribution is 2.22. The first-order chi connectivity index (χ1) is 5.86. The van der Waals surface area contributed by atoms with E-state index in [1.54, 1.807) is 0 Å². The molecular weight excluding hydrogens is 166 g/mol. The van der Waals surface area contributed by atoms with E-state index >= 15 is 0 Å². The van der Waals surface area contributed by atoms with Gasteiger partial charge in [0.15, 0.2) is 0 Å². The normalized spacial score (nSPS) is 30.5. The quantitative estimate of drug-likeness (QED) is 0.726. The molecule has 1 rings (SSSR count). The maximum atomic E-state index is 3.63. The Balaban J connectivity index is 2.11. The molecule has 72 valence electrons. The maximum absolute atomic E-state index is 3.63. The van der Waals surface area contributed by atoms with Gasteiger partial charge in [0.2, 0.25) is 0 Å². The highest BCUT2D eigenvalue weighted by atomic mass is 32.2. The Kier molecular flexibility index (Phi) is 5.08. The van der Waals surface area contributed by atoms with Crippen molar-refractivity contribution in [3.63, 3.8) is 0 Å². The zero-order valence-corrected chi connectivity index (χ0v) is 9.12. The van der Waals surface area contributed by atoms with E-state index in [-0.39, 0.29) is 0 Å². The zero-order valence-electron chi connectivity index (χ0n) is 8.31. The first-order valence-corrected chi connectivity index (χ1v) is 6.26. The Hall–Kier alpha value is 0.310. The monoisotopic (exact) mass is 187 g/mol. The van der Waals surface area contributed by atoms with Crippen LogP contribution in [0.25, 0.3) is 0 Å². The minimum Gasteiger partial charge on any atom is -0.312 e. The molecule has 0 spiro atoms. The van der Waals surface area contributed by atoms with Crippen molar-refractivity contribution in [1.82, 2.24) is 5.32 Å². The summed E-state index contributed by atoms with van der Waals surface area (Å²) in [5.41, 5.74) is 0. The van der Waals surface area contributed by atoms with E-state index < -0.39 is 0 Å². The molecule has 2 heteroatoms. The van der Waals surface area contributed by atoms with E-state index in [1.807, 2.05) is 0 Å². The van der Waals surface area contributed by atoms with E-state index in [0.29, 0.717) is 0 Å². The number of hydrogen-bond donors (Lipinski definition) is 1. The van der Waals surface area contributed by atoms with Gasteiger partial charge >= 0.3 is 0 Å². The van der Waals surface area contributed by atoms with Crippen LogP contribution in [0.3, 0.4) is 0 Å². The molecular formula is C10H21NS. The second-order valence-corrected chi connectivity index (χ2v) is 4.97. The van der Waals surface area contributed by atoms with Crippen molar-refractivity contribution in [1.29, 1.82) is 0 Å². The molecule has 0 aliphatic carbocycles. The molecule has 0 amide bonds. The summed E-state index contributed by atoms with van der Waals surface area (Å²) in [5, 5.41) is 4.53. The van der Waals surface area contributed by atoms with Crippen molar-refractivity contribution in [2.75, 3.05) is 12.3 Å². The van der Waals surface area contributed by atoms with E-state index in [1.165, 1.54) is 38.0 Å². The Labute approximate surface area is 80.7 Å². The van der Waals surface area contributed by atoms with Gasteiger partial charge in [-0.25, -0.2) is 0 Å². The summed E-state index contributed by atoms with van der Waals surface area (Å²) < 4.78 is 0. The summed E-state index contributed by atoms with van der Waals surface area (Å²) in [5.74, 6) is 1.33. The summed E-state index contributed by atoms with van der Waals surface area (Å²) in [6.07, 6.45) is 5.39. The molecule has 0 radical (unpaired) electrons. The number of thioether (sulfide) groups is 1. The predicted molar refractivity (Wildman–Crippen MR) is 57.9 cm³/mol. The second kappa shape index (κ2) is 5.87. The molecule has 1 aliphatic heterocycles. The van der Waals surface area contributed by atoms with Crippen molar-refractivity contribution < 1.29 is 0 Å².